The molecule has 0 unspecified atom stereocenters. The van der Waals surface area contributed by atoms with Gasteiger partial charge in [-0.25, -0.2) is 9.59 Å². The van der Waals surface area contributed by atoms with E-state index in [1.54, 1.807) is 79.7 Å². The number of ether oxygens (including phenoxy) is 26. The summed E-state index contributed by atoms with van der Waals surface area (Å²) in [6.45, 7) is 3.69. The quantitative estimate of drug-likeness (QED) is 0.0258. The van der Waals surface area contributed by atoms with Gasteiger partial charge in [-0.2, -0.15) is 0 Å². The summed E-state index contributed by atoms with van der Waals surface area (Å²) in [5, 5.41) is 0. The van der Waals surface area contributed by atoms with Gasteiger partial charge in [-0.15, -0.1) is 0 Å². The summed E-state index contributed by atoms with van der Waals surface area (Å²) in [7, 11) is 11.2. The third kappa shape index (κ3) is 23.6. The third-order valence-electron chi connectivity index (χ3n) is 21.2. The van der Waals surface area contributed by atoms with Gasteiger partial charge in [0.1, 0.15) is 130 Å². The summed E-state index contributed by atoms with van der Waals surface area (Å²) in [6, 6.07) is 55.4. The highest BCUT2D eigenvalue weighted by atomic mass is 16.8. The van der Waals surface area contributed by atoms with E-state index in [4.69, 9.17) is 123 Å². The molecule has 6 aromatic carbocycles. The molecule has 0 saturated carbocycles. The zero-order valence-corrected chi connectivity index (χ0v) is 68.9. The minimum absolute atomic E-state index is 0.0519. The molecular formula is C88H110O31. The molecule has 0 bridgehead atoms. The Labute approximate surface area is 692 Å². The van der Waals surface area contributed by atoms with Crippen LogP contribution in [0.15, 0.2) is 182 Å². The van der Waals surface area contributed by atoms with Crippen LogP contribution in [0.5, 0.6) is 0 Å². The van der Waals surface area contributed by atoms with E-state index in [-0.39, 0.29) is 59.3 Å². The topological polar surface area (TPSA) is 325 Å². The minimum Gasteiger partial charge on any atom is -0.463 e. The van der Waals surface area contributed by atoms with Crippen LogP contribution in [0.25, 0.3) is 0 Å². The van der Waals surface area contributed by atoms with Crippen LogP contribution in [0, 0.1) is 0 Å². The molecule has 11 rings (SSSR count). The van der Waals surface area contributed by atoms with Crippen molar-refractivity contribution in [3.63, 3.8) is 0 Å². The monoisotopic (exact) mass is 1660 g/mol. The van der Waals surface area contributed by atoms with Crippen LogP contribution in [-0.4, -0.2) is 260 Å². The van der Waals surface area contributed by atoms with Crippen molar-refractivity contribution in [2.24, 2.45) is 0 Å². The van der Waals surface area contributed by atoms with E-state index in [9.17, 15) is 14.4 Å². The van der Waals surface area contributed by atoms with E-state index in [0.29, 0.717) is 16.7 Å². The molecule has 0 aromatic heterocycles. The summed E-state index contributed by atoms with van der Waals surface area (Å²) in [4.78, 5) is 71.2. The van der Waals surface area contributed by atoms with Gasteiger partial charge in [-0.3, -0.25) is 14.4 Å². The standard InChI is InChI=1S/C88H110O31/c1-13-88(87(93)109-49-61-42-30-19-31-43-61)80(118-83-75(98-9)68(95-6)65(94-5)63(112-83)51-103-53(2)89)73(97-8)77(100-11)86(119-88)115-67-64(52-104-54(3)90)113-85(79(71(67)110-55(4)91)107-47-59-38-26-17-27-39-59)116-72-69(96-7)76(99-10)84(117-74(72)81(92)108-48-60-40-28-18-29-41-60)114-66-62(50-102-44-56-32-20-14-21-33-56)111-82(101-12)78(106-46-58-36-24-16-25-37-58)70(66)105-45-57-34-22-15-23-35-57/h14-43,62-80,82-86H,13,44-52H2,1-12H3/t62-,63-,64-,65-,66-,67-,68+,69+,70+,71+,72+,73-,74-,75-,76-,77-,78-,79-,80+,82+,83-,84-,85-,86-,88+/m1/s1. The summed E-state index contributed by atoms with van der Waals surface area (Å²) in [6.07, 6.45) is -33.6. The van der Waals surface area contributed by atoms with Gasteiger partial charge in [0, 0.05) is 77.6 Å². The van der Waals surface area contributed by atoms with E-state index in [0.717, 1.165) is 23.6 Å². The van der Waals surface area contributed by atoms with Gasteiger partial charge in [0.05, 0.1) is 33.0 Å². The molecule has 25 atom stereocenters. The molecule has 0 aliphatic carbocycles. The van der Waals surface area contributed by atoms with Crippen molar-refractivity contribution in [2.75, 3.05) is 76.7 Å². The second-order valence-corrected chi connectivity index (χ2v) is 28.9. The molecule has 31 heteroatoms. The second kappa shape index (κ2) is 45.6. The molecule has 119 heavy (non-hydrogen) atoms. The number of hydrogen-bond donors (Lipinski definition) is 0. The molecule has 31 nitrogen and oxygen atoms in total. The highest BCUT2D eigenvalue weighted by Crippen LogP contribution is 2.45. The normalized spacial score (nSPS) is 31.4. The minimum atomic E-state index is -2.28. The number of methoxy groups -OCH3 is 8. The van der Waals surface area contributed by atoms with Crippen molar-refractivity contribution in [2.45, 2.75) is 227 Å². The Kier molecular flexibility index (Phi) is 35.1. The van der Waals surface area contributed by atoms with Crippen LogP contribution >= 0.6 is 0 Å². The number of benzene rings is 6. The first-order chi connectivity index (χ1) is 57.9. The van der Waals surface area contributed by atoms with E-state index in [2.05, 4.69) is 0 Å². The molecule has 0 radical (unpaired) electrons. The fourth-order valence-corrected chi connectivity index (χ4v) is 15.4. The van der Waals surface area contributed by atoms with Crippen molar-refractivity contribution in [1.82, 2.24) is 0 Å². The molecule has 5 fully saturated rings. The number of rotatable bonds is 41. The van der Waals surface area contributed by atoms with E-state index in [1.807, 2.05) is 109 Å². The first kappa shape index (κ1) is 91.6. The van der Waals surface area contributed by atoms with Crippen LogP contribution < -0.4 is 0 Å². The maximum atomic E-state index is 15.7. The third-order valence-corrected chi connectivity index (χ3v) is 21.2. The highest BCUT2D eigenvalue weighted by Gasteiger charge is 2.66. The first-order valence-corrected chi connectivity index (χ1v) is 39.5. The Bertz CT molecular complexity index is 4010. The SMILES string of the molecule is CC[C@]1(C(=O)OCc2ccccc2)O[C@@H](O[C@H]2[C@H](OC(C)=O)[C@@H](OCc3ccccc3)[C@@H](O[C@H]3[C@H](OC)[C@@H](OC)[C@H](O[C@H]4[C@H](OCc5ccccc5)[C@@H](OCc5ccccc5)[C@@H](OC)O[C@@H]4COCc4ccccc4)O[C@H]3C(=O)OCc3ccccc3)O[C@@H]2COC(C)=O)[C@H](OC)[C@@H](OC)[C@@H]1O[C@H]1O[C@H](COC(C)=O)[C@@H](OC)[C@H](OC)[C@H]1OC. The zero-order chi connectivity index (χ0) is 84.4. The fraction of sp³-hybridized carbons (Fsp3) is 0.534. The molecule has 5 aliphatic heterocycles. The van der Waals surface area contributed by atoms with Crippen molar-refractivity contribution in [3.05, 3.63) is 215 Å². The fourth-order valence-electron chi connectivity index (χ4n) is 15.4. The van der Waals surface area contributed by atoms with Gasteiger partial charge in [-0.1, -0.05) is 189 Å². The number of hydrogen-bond acceptors (Lipinski definition) is 31. The number of carbonyl (C=O) groups is 5. The highest BCUT2D eigenvalue weighted by molar-refractivity contribution is 5.81. The van der Waals surface area contributed by atoms with Gasteiger partial charge >= 0.3 is 29.8 Å². The lowest BCUT2D eigenvalue weighted by Crippen LogP contribution is -2.73. The van der Waals surface area contributed by atoms with Gasteiger partial charge < -0.3 is 123 Å². The molecule has 648 valence electrons. The van der Waals surface area contributed by atoms with E-state index < -0.39 is 189 Å². The Balaban J connectivity index is 0.992. The van der Waals surface area contributed by atoms with Gasteiger partial charge in [0.25, 0.3) is 0 Å². The van der Waals surface area contributed by atoms with Gasteiger partial charge in [0.15, 0.2) is 49.3 Å². The molecule has 0 amide bonds. The molecule has 0 N–H and O–H groups in total. The Hall–Kier alpha value is -8.17. The Morgan fingerprint density at radius 2 is 0.672 bits per heavy atom. The van der Waals surface area contributed by atoms with Crippen LogP contribution in [0.2, 0.25) is 0 Å². The average Bonchev–Trinajstić information content (AvgIpc) is 0.734. The van der Waals surface area contributed by atoms with Gasteiger partial charge in [-0.05, 0) is 39.8 Å². The molecule has 6 aromatic rings. The molecule has 0 spiro atoms. The summed E-state index contributed by atoms with van der Waals surface area (Å²) < 4.78 is 171. The smallest absolute Gasteiger partial charge is 0.341 e. The predicted octanol–water partition coefficient (Wildman–Crippen LogP) is 8.20. The predicted molar refractivity (Wildman–Crippen MR) is 417 cm³/mol. The lowest BCUT2D eigenvalue weighted by Gasteiger charge is -2.54. The Morgan fingerprint density at radius 1 is 0.311 bits per heavy atom. The lowest BCUT2D eigenvalue weighted by molar-refractivity contribution is -0.405. The number of esters is 5. The maximum absolute atomic E-state index is 15.7. The van der Waals surface area contributed by atoms with Crippen LogP contribution in [0.1, 0.15) is 67.5 Å². The average molecular weight is 1660 g/mol. The van der Waals surface area contributed by atoms with Gasteiger partial charge in [0.2, 0.25) is 0 Å². The number of carbonyl (C=O) groups excluding carboxylic acids is 5. The zero-order valence-electron chi connectivity index (χ0n) is 68.9. The molecule has 5 aliphatic rings. The molecular weight excluding hydrogens is 1550 g/mol. The van der Waals surface area contributed by atoms with Crippen molar-refractivity contribution >= 4 is 29.8 Å². The van der Waals surface area contributed by atoms with E-state index in [1.165, 1.54) is 70.7 Å². The van der Waals surface area contributed by atoms with Crippen LogP contribution in [0.4, 0.5) is 0 Å². The Morgan fingerprint density at radius 3 is 1.12 bits per heavy atom. The lowest BCUT2D eigenvalue weighted by atomic mass is 9.83. The van der Waals surface area contributed by atoms with Crippen LogP contribution in [-0.2, 0) is 187 Å². The molecule has 5 heterocycles. The van der Waals surface area contributed by atoms with Crippen molar-refractivity contribution in [1.29, 1.82) is 0 Å². The van der Waals surface area contributed by atoms with Crippen molar-refractivity contribution in [3.8, 4) is 0 Å². The van der Waals surface area contributed by atoms with Crippen LogP contribution in [0.3, 0.4) is 0 Å². The summed E-state index contributed by atoms with van der Waals surface area (Å²) in [5.74, 6) is -4.23. The molecule has 5 saturated heterocycles. The van der Waals surface area contributed by atoms with E-state index >= 15 is 9.59 Å². The second-order valence-electron chi connectivity index (χ2n) is 28.9. The largest absolute Gasteiger partial charge is 0.463 e. The van der Waals surface area contributed by atoms with Crippen molar-refractivity contribution < 1.29 is 147 Å². The maximum Gasteiger partial charge on any atom is 0.341 e. The summed E-state index contributed by atoms with van der Waals surface area (Å²) in [5.41, 5.74) is 2.09. The first-order valence-electron chi connectivity index (χ1n) is 39.5. The summed E-state index contributed by atoms with van der Waals surface area (Å²) >= 11 is 0.